The summed E-state index contributed by atoms with van der Waals surface area (Å²) in [5.41, 5.74) is 2.21. The van der Waals surface area contributed by atoms with Gasteiger partial charge in [0.25, 0.3) is 0 Å². The number of nitrogens with one attached hydrogen (secondary N) is 1. The van der Waals surface area contributed by atoms with Gasteiger partial charge in [-0.15, -0.1) is 0 Å². The van der Waals surface area contributed by atoms with E-state index in [0.29, 0.717) is 30.4 Å². The van der Waals surface area contributed by atoms with E-state index in [9.17, 15) is 9.59 Å². The van der Waals surface area contributed by atoms with Crippen molar-refractivity contribution in [2.45, 2.75) is 38.1 Å². The molecular weight excluding hydrogens is 350 g/mol. The number of amides is 2. The van der Waals surface area contributed by atoms with E-state index in [2.05, 4.69) is 22.1 Å². The van der Waals surface area contributed by atoms with Crippen molar-refractivity contribution in [1.82, 2.24) is 9.88 Å². The van der Waals surface area contributed by atoms with Crippen LogP contribution in [0.25, 0.3) is 0 Å². The number of anilines is 1. The lowest BCUT2D eigenvalue weighted by Crippen LogP contribution is -2.35. The van der Waals surface area contributed by atoms with Crippen molar-refractivity contribution >= 4 is 17.5 Å². The van der Waals surface area contributed by atoms with E-state index < -0.39 is 0 Å². The van der Waals surface area contributed by atoms with Crippen LogP contribution in [0.3, 0.4) is 0 Å². The number of aromatic nitrogens is 1. The van der Waals surface area contributed by atoms with E-state index in [1.807, 2.05) is 47.4 Å². The average molecular weight is 373 g/mol. The molecule has 1 aromatic heterocycles. The fraction of sp³-hybridized carbons (Fsp3) is 0.348. The molecule has 1 aliphatic carbocycles. The van der Waals surface area contributed by atoms with Gasteiger partial charge in [0.15, 0.2) is 0 Å². The number of pyridine rings is 1. The molecule has 1 saturated carbocycles. The first-order chi connectivity index (χ1) is 13.7. The third-order valence-corrected chi connectivity index (χ3v) is 5.42. The molecule has 5 nitrogen and oxygen atoms in total. The summed E-state index contributed by atoms with van der Waals surface area (Å²) in [6, 6.07) is 13.4. The lowest BCUT2D eigenvalue weighted by atomic mass is 10.1. The second-order valence-corrected chi connectivity index (χ2v) is 7.42. The molecule has 2 heterocycles. The zero-order chi connectivity index (χ0) is 19.3. The van der Waals surface area contributed by atoms with Crippen LogP contribution in [0.5, 0.6) is 0 Å². The maximum Gasteiger partial charge on any atom is 0.229 e. The molecule has 1 atom stereocenters. The summed E-state index contributed by atoms with van der Waals surface area (Å²) in [5, 5.41) is 2.95. The number of hydrogen-bond donors (Lipinski definition) is 1. The van der Waals surface area contributed by atoms with E-state index in [4.69, 9.17) is 0 Å². The number of likely N-dealkylation sites (tertiary alicyclic amines) is 1. The molecule has 28 heavy (non-hydrogen) atoms. The van der Waals surface area contributed by atoms with Gasteiger partial charge in [-0.3, -0.25) is 9.59 Å². The van der Waals surface area contributed by atoms with Gasteiger partial charge >= 0.3 is 0 Å². The van der Waals surface area contributed by atoms with Crippen LogP contribution in [0.4, 0.5) is 5.69 Å². The zero-order valence-electron chi connectivity index (χ0n) is 15.7. The summed E-state index contributed by atoms with van der Waals surface area (Å²) in [7, 11) is 0. The maximum absolute atomic E-state index is 12.7. The van der Waals surface area contributed by atoms with Crippen molar-refractivity contribution in [1.29, 1.82) is 0 Å². The molecular formula is C23H23N3O2. The van der Waals surface area contributed by atoms with Crippen LogP contribution in [0.1, 0.15) is 43.4 Å². The Balaban J connectivity index is 1.40. The lowest BCUT2D eigenvalue weighted by Gasteiger charge is -2.23. The maximum atomic E-state index is 12.7. The highest BCUT2D eigenvalue weighted by atomic mass is 16.2. The number of carbonyl (C=O) groups excluding carboxylic acids is 2. The van der Waals surface area contributed by atoms with E-state index in [-0.39, 0.29) is 17.7 Å². The molecule has 1 saturated heterocycles. The van der Waals surface area contributed by atoms with Crippen molar-refractivity contribution in [2.24, 2.45) is 5.92 Å². The second kappa shape index (κ2) is 8.26. The van der Waals surface area contributed by atoms with E-state index >= 15 is 0 Å². The van der Waals surface area contributed by atoms with Gasteiger partial charge in [0, 0.05) is 36.5 Å². The Labute approximate surface area is 165 Å². The van der Waals surface area contributed by atoms with Gasteiger partial charge < -0.3 is 10.2 Å². The first kappa shape index (κ1) is 18.2. The van der Waals surface area contributed by atoms with Gasteiger partial charge in [-0.25, -0.2) is 4.98 Å². The summed E-state index contributed by atoms with van der Waals surface area (Å²) in [4.78, 5) is 31.1. The fourth-order valence-electron chi connectivity index (χ4n) is 3.97. The standard InChI is InChI=1S/C23H23N3O2/c27-22-15-18(16-26(22)21-9-1-2-10-21)23(28)25-20-8-5-6-17(14-20)11-12-19-7-3-4-13-24-19/h3-8,13-14,18,21H,1-2,9-10,15-16H2,(H,25,28). The molecule has 1 N–H and O–H groups in total. The zero-order valence-corrected chi connectivity index (χ0v) is 15.7. The Kier molecular flexibility index (Phi) is 5.38. The molecule has 0 bridgehead atoms. The van der Waals surface area contributed by atoms with Crippen molar-refractivity contribution < 1.29 is 9.59 Å². The van der Waals surface area contributed by atoms with Crippen LogP contribution in [-0.2, 0) is 9.59 Å². The summed E-state index contributed by atoms with van der Waals surface area (Å²) >= 11 is 0. The number of benzene rings is 1. The van der Waals surface area contributed by atoms with Gasteiger partial charge in [-0.2, -0.15) is 0 Å². The molecule has 2 aromatic rings. The quantitative estimate of drug-likeness (QED) is 0.841. The Morgan fingerprint density at radius 2 is 1.96 bits per heavy atom. The van der Waals surface area contributed by atoms with Crippen molar-refractivity contribution in [3.8, 4) is 11.8 Å². The molecule has 1 aromatic carbocycles. The molecule has 2 aliphatic rings. The van der Waals surface area contributed by atoms with Gasteiger partial charge in [0.1, 0.15) is 5.69 Å². The van der Waals surface area contributed by atoms with Crippen LogP contribution in [-0.4, -0.2) is 34.3 Å². The SMILES string of the molecule is O=C(Nc1cccc(C#Cc2ccccn2)c1)C1CC(=O)N(C2CCCC2)C1. The summed E-state index contributed by atoms with van der Waals surface area (Å²) in [6.07, 6.45) is 6.50. The number of hydrogen-bond acceptors (Lipinski definition) is 3. The Morgan fingerprint density at radius 1 is 1.11 bits per heavy atom. The molecule has 0 spiro atoms. The van der Waals surface area contributed by atoms with Crippen LogP contribution < -0.4 is 5.32 Å². The van der Waals surface area contributed by atoms with E-state index in [0.717, 1.165) is 18.4 Å². The predicted octanol–water partition coefficient (Wildman–Crippen LogP) is 3.21. The van der Waals surface area contributed by atoms with Crippen molar-refractivity contribution in [3.63, 3.8) is 0 Å². The van der Waals surface area contributed by atoms with Gasteiger partial charge in [0.2, 0.25) is 11.8 Å². The first-order valence-electron chi connectivity index (χ1n) is 9.82. The minimum Gasteiger partial charge on any atom is -0.339 e. The molecule has 1 aliphatic heterocycles. The molecule has 5 heteroatoms. The second-order valence-electron chi connectivity index (χ2n) is 7.42. The summed E-state index contributed by atoms with van der Waals surface area (Å²) in [6.45, 7) is 0.536. The molecule has 4 rings (SSSR count). The monoisotopic (exact) mass is 373 g/mol. The highest BCUT2D eigenvalue weighted by molar-refractivity contribution is 5.97. The average Bonchev–Trinajstić information content (AvgIpc) is 3.37. The number of rotatable bonds is 3. The predicted molar refractivity (Wildman–Crippen MR) is 107 cm³/mol. The number of nitrogens with zero attached hydrogens (tertiary/aromatic N) is 2. The van der Waals surface area contributed by atoms with Crippen LogP contribution in [0, 0.1) is 17.8 Å². The third kappa shape index (κ3) is 4.23. The van der Waals surface area contributed by atoms with Gasteiger partial charge in [-0.05, 0) is 49.1 Å². The van der Waals surface area contributed by atoms with Crippen molar-refractivity contribution in [3.05, 3.63) is 59.9 Å². The van der Waals surface area contributed by atoms with E-state index in [1.165, 1.54) is 12.8 Å². The van der Waals surface area contributed by atoms with Gasteiger partial charge in [0.05, 0.1) is 5.92 Å². The van der Waals surface area contributed by atoms with Crippen LogP contribution >= 0.6 is 0 Å². The molecule has 142 valence electrons. The third-order valence-electron chi connectivity index (χ3n) is 5.42. The minimum absolute atomic E-state index is 0.0938. The number of carbonyl (C=O) groups is 2. The summed E-state index contributed by atoms with van der Waals surface area (Å²) in [5.74, 6) is 5.82. The first-order valence-corrected chi connectivity index (χ1v) is 9.82. The minimum atomic E-state index is -0.281. The Hall–Kier alpha value is -3.13. The topological polar surface area (TPSA) is 62.3 Å². The largest absolute Gasteiger partial charge is 0.339 e. The fourth-order valence-corrected chi connectivity index (χ4v) is 3.97. The lowest BCUT2D eigenvalue weighted by molar-refractivity contribution is -0.129. The summed E-state index contributed by atoms with van der Waals surface area (Å²) < 4.78 is 0. The highest BCUT2D eigenvalue weighted by Crippen LogP contribution is 2.30. The van der Waals surface area contributed by atoms with E-state index in [1.54, 1.807) is 6.20 Å². The normalized spacial score (nSPS) is 19.4. The molecule has 0 radical (unpaired) electrons. The van der Waals surface area contributed by atoms with Crippen molar-refractivity contribution in [2.75, 3.05) is 11.9 Å². The Bertz CT molecular complexity index is 924. The van der Waals surface area contributed by atoms with Crippen LogP contribution in [0.15, 0.2) is 48.7 Å². The molecule has 2 fully saturated rings. The Morgan fingerprint density at radius 3 is 2.75 bits per heavy atom. The molecule has 1 unspecified atom stereocenters. The van der Waals surface area contributed by atoms with Gasteiger partial charge in [-0.1, -0.05) is 30.9 Å². The van der Waals surface area contributed by atoms with Crippen LogP contribution in [0.2, 0.25) is 0 Å². The highest BCUT2D eigenvalue weighted by Gasteiger charge is 2.38. The smallest absolute Gasteiger partial charge is 0.229 e. The molecule has 2 amide bonds.